The predicted octanol–water partition coefficient (Wildman–Crippen LogP) is 7.99. The highest BCUT2D eigenvalue weighted by molar-refractivity contribution is 6.33. The molecule has 0 spiro atoms. The molecule has 4 heterocycles. The third-order valence-electron chi connectivity index (χ3n) is 10.7. The molecule has 0 saturated carbocycles. The number of methoxy groups -OCH3 is 3. The van der Waals surface area contributed by atoms with Crippen molar-refractivity contribution in [1.82, 2.24) is 9.80 Å². The Morgan fingerprint density at radius 3 is 2.42 bits per heavy atom. The number of ether oxygens (including phenoxy) is 6. The molecule has 8 rings (SSSR count). The predicted molar refractivity (Wildman–Crippen MR) is 193 cm³/mol. The molecule has 0 saturated heterocycles. The molecular formula is C39H44Cl2N2O7. The van der Waals surface area contributed by atoms with E-state index in [2.05, 4.69) is 54.3 Å². The minimum absolute atomic E-state index is 0.0952. The molecule has 2 aromatic carbocycles. The molecule has 6 bridgehead atoms. The highest BCUT2D eigenvalue weighted by atomic mass is 35.5. The number of likely N-dealkylation sites (N-methyl/N-ethyl adjacent to an activating group) is 2. The fraction of sp³-hybridized carbons (Fsp3) is 0.462. The van der Waals surface area contributed by atoms with Crippen LogP contribution in [-0.2, 0) is 27.1 Å². The molecule has 266 valence electrons. The molecule has 0 N–H and O–H groups in total. The number of carbonyl (C=O) groups excluding carboxylic acids is 1. The van der Waals surface area contributed by atoms with Gasteiger partial charge in [-0.25, -0.2) is 0 Å². The summed E-state index contributed by atoms with van der Waals surface area (Å²) in [5, 5.41) is 1.01. The number of carbonyl (C=O) groups is 1. The van der Waals surface area contributed by atoms with Gasteiger partial charge in [-0.2, -0.15) is 0 Å². The number of hydrogen-bond acceptors (Lipinski definition) is 9. The largest absolute Gasteiger partial charge is 0.498 e. The van der Waals surface area contributed by atoms with Crippen LogP contribution in [0.2, 0.25) is 5.02 Å². The summed E-state index contributed by atoms with van der Waals surface area (Å²) in [5.74, 6) is 2.03. The van der Waals surface area contributed by atoms with Gasteiger partial charge in [0.1, 0.15) is 11.9 Å². The van der Waals surface area contributed by atoms with Crippen LogP contribution in [0.4, 0.5) is 0 Å². The van der Waals surface area contributed by atoms with Crippen molar-refractivity contribution in [2.75, 3.05) is 48.5 Å². The Bertz CT molecular complexity index is 1830. The Morgan fingerprint density at radius 2 is 1.72 bits per heavy atom. The van der Waals surface area contributed by atoms with Crippen LogP contribution in [0.1, 0.15) is 66.9 Å². The second kappa shape index (κ2) is 14.3. The molecule has 4 atom stereocenters. The van der Waals surface area contributed by atoms with Crippen LogP contribution in [0.3, 0.4) is 0 Å². The lowest BCUT2D eigenvalue weighted by Crippen LogP contribution is -2.34. The Labute approximate surface area is 304 Å². The van der Waals surface area contributed by atoms with Crippen molar-refractivity contribution < 1.29 is 33.2 Å². The number of halogens is 2. The SMILES string of the molecule is COC1=CC(Cl)=C2CC1OC1C=CC(=CC1)C[C@H]1c3cc(c(OC)cc3CCN1C)Oc1c(OC(C)=O)c(OC)c(Cl)c3c1[C@H](C2)N(C)CC3. The molecule has 0 amide bonds. The van der Waals surface area contributed by atoms with Crippen molar-refractivity contribution in [3.8, 4) is 28.7 Å². The zero-order valence-electron chi connectivity index (χ0n) is 29.4. The quantitative estimate of drug-likeness (QED) is 0.231. The van der Waals surface area contributed by atoms with Crippen molar-refractivity contribution in [3.05, 3.63) is 85.7 Å². The minimum atomic E-state index is -0.523. The number of esters is 1. The van der Waals surface area contributed by atoms with E-state index in [9.17, 15) is 4.79 Å². The molecular weight excluding hydrogens is 679 g/mol. The monoisotopic (exact) mass is 722 g/mol. The maximum atomic E-state index is 12.7. The third kappa shape index (κ3) is 6.43. The summed E-state index contributed by atoms with van der Waals surface area (Å²) in [4.78, 5) is 17.3. The van der Waals surface area contributed by atoms with Gasteiger partial charge in [0.25, 0.3) is 0 Å². The molecule has 0 fully saturated rings. The number of rotatable bonds is 4. The van der Waals surface area contributed by atoms with Gasteiger partial charge in [0.05, 0.1) is 32.5 Å². The molecule has 6 aliphatic rings. The number of allylic oxidation sites excluding steroid dienone is 3. The maximum Gasteiger partial charge on any atom is 0.308 e. The Morgan fingerprint density at radius 1 is 0.940 bits per heavy atom. The molecule has 2 aromatic rings. The summed E-state index contributed by atoms with van der Waals surface area (Å²) >= 11 is 14.1. The van der Waals surface area contributed by atoms with Gasteiger partial charge in [-0.05, 0) is 86.7 Å². The van der Waals surface area contributed by atoms with Crippen LogP contribution >= 0.6 is 23.2 Å². The Hall–Kier alpha value is -3.47. The van der Waals surface area contributed by atoms with E-state index in [-0.39, 0.29) is 35.8 Å². The van der Waals surface area contributed by atoms with E-state index in [0.29, 0.717) is 52.3 Å². The zero-order valence-corrected chi connectivity index (χ0v) is 31.0. The van der Waals surface area contributed by atoms with Gasteiger partial charge in [-0.15, -0.1) is 0 Å². The normalized spacial score (nSPS) is 25.0. The standard InChI is InChI=1S/C39H44Cl2N2O7/c1-21(44)48-39-37-35-26(36(41)38(39)47-6)12-14-43(3)30(35)16-24-18-33(32(46-5)20-28(24)40)49-25-9-7-22(8-10-25)15-29-27-19-34(50-37)31(45-4)17-23(27)11-13-42(29)2/h7-9,17,19-20,25,29-30,33H,10-16,18H2,1-6H3/t25?,29-,30-,33?/m0/s1. The lowest BCUT2D eigenvalue weighted by atomic mass is 9.84. The average Bonchev–Trinajstić information content (AvgIpc) is 3.10. The molecule has 9 nitrogen and oxygen atoms in total. The van der Waals surface area contributed by atoms with E-state index in [1.807, 2.05) is 6.08 Å². The van der Waals surface area contributed by atoms with E-state index in [4.69, 9.17) is 51.6 Å². The first-order chi connectivity index (χ1) is 24.1. The van der Waals surface area contributed by atoms with Crippen molar-refractivity contribution in [3.63, 3.8) is 0 Å². The van der Waals surface area contributed by atoms with Gasteiger partial charge >= 0.3 is 5.97 Å². The second-order valence-electron chi connectivity index (χ2n) is 13.6. The van der Waals surface area contributed by atoms with E-state index < -0.39 is 5.97 Å². The lowest BCUT2D eigenvalue weighted by molar-refractivity contribution is -0.132. The van der Waals surface area contributed by atoms with Gasteiger partial charge in [-0.3, -0.25) is 14.6 Å². The topological polar surface area (TPSA) is 78.9 Å². The van der Waals surface area contributed by atoms with Crippen LogP contribution in [0.25, 0.3) is 0 Å². The van der Waals surface area contributed by atoms with Gasteiger partial charge in [-0.1, -0.05) is 47.0 Å². The molecule has 2 unspecified atom stereocenters. The number of hydrogen-bond donors (Lipinski definition) is 0. The fourth-order valence-electron chi connectivity index (χ4n) is 8.00. The highest BCUT2D eigenvalue weighted by Gasteiger charge is 2.39. The average molecular weight is 724 g/mol. The van der Waals surface area contributed by atoms with Crippen LogP contribution in [0, 0.1) is 0 Å². The molecule has 2 aliphatic carbocycles. The molecule has 50 heavy (non-hydrogen) atoms. The number of fused-ring (bicyclic) bond motifs is 1. The molecule has 4 aliphatic heterocycles. The third-order valence-corrected chi connectivity index (χ3v) is 11.5. The van der Waals surface area contributed by atoms with E-state index in [0.717, 1.165) is 49.1 Å². The molecule has 11 heteroatoms. The van der Waals surface area contributed by atoms with Gasteiger partial charge < -0.3 is 28.4 Å². The Balaban J connectivity index is 1.48. The van der Waals surface area contributed by atoms with Crippen LogP contribution in [-0.4, -0.2) is 76.5 Å². The van der Waals surface area contributed by atoms with Crippen molar-refractivity contribution >= 4 is 29.2 Å². The fourth-order valence-corrected chi connectivity index (χ4v) is 8.62. The van der Waals surface area contributed by atoms with Crippen LogP contribution in [0.15, 0.2) is 58.4 Å². The van der Waals surface area contributed by atoms with Gasteiger partial charge in [0.15, 0.2) is 23.0 Å². The molecule has 0 aromatic heterocycles. The van der Waals surface area contributed by atoms with Gasteiger partial charge in [0.2, 0.25) is 5.75 Å². The summed E-state index contributed by atoms with van der Waals surface area (Å²) in [6, 6.07) is 4.04. The minimum Gasteiger partial charge on any atom is -0.498 e. The number of nitrogens with zero attached hydrogens (tertiary/aromatic N) is 2. The molecule has 0 radical (unpaired) electrons. The van der Waals surface area contributed by atoms with E-state index >= 15 is 0 Å². The maximum absolute atomic E-state index is 12.7. The first-order valence-electron chi connectivity index (χ1n) is 17.2. The first kappa shape index (κ1) is 35.0. The van der Waals surface area contributed by atoms with Crippen LogP contribution in [0.5, 0.6) is 28.7 Å². The zero-order chi connectivity index (χ0) is 35.3. The summed E-state index contributed by atoms with van der Waals surface area (Å²) in [7, 11) is 9.06. The number of benzene rings is 2. The van der Waals surface area contributed by atoms with Crippen molar-refractivity contribution in [2.24, 2.45) is 0 Å². The Kier molecular flexibility index (Phi) is 9.98. The summed E-state index contributed by atoms with van der Waals surface area (Å²) in [5.41, 5.74) is 6.35. The summed E-state index contributed by atoms with van der Waals surface area (Å²) < 4.78 is 37.2. The van der Waals surface area contributed by atoms with E-state index in [1.54, 1.807) is 14.2 Å². The smallest absolute Gasteiger partial charge is 0.308 e. The first-order valence-corrected chi connectivity index (χ1v) is 17.9. The summed E-state index contributed by atoms with van der Waals surface area (Å²) in [6.07, 6.45) is 12.3. The lowest BCUT2D eigenvalue weighted by Gasteiger charge is -2.39. The second-order valence-corrected chi connectivity index (χ2v) is 14.4. The van der Waals surface area contributed by atoms with E-state index in [1.165, 1.54) is 30.7 Å². The highest BCUT2D eigenvalue weighted by Crippen LogP contribution is 2.56. The van der Waals surface area contributed by atoms with Gasteiger partial charge in [0, 0.05) is 49.1 Å². The van der Waals surface area contributed by atoms with Crippen molar-refractivity contribution in [2.45, 2.75) is 69.7 Å². The summed E-state index contributed by atoms with van der Waals surface area (Å²) in [6.45, 7) is 3.00. The van der Waals surface area contributed by atoms with Crippen LogP contribution < -0.4 is 18.9 Å². The van der Waals surface area contributed by atoms with Crippen molar-refractivity contribution in [1.29, 1.82) is 0 Å².